The summed E-state index contributed by atoms with van der Waals surface area (Å²) in [6, 6.07) is 6.84. The minimum atomic E-state index is 0.864. The summed E-state index contributed by atoms with van der Waals surface area (Å²) in [6.07, 6.45) is 19.4. The number of unbranched alkanes of at least 4 members (excludes halogenated alkanes) is 2. The van der Waals surface area contributed by atoms with Crippen LogP contribution in [0.15, 0.2) is 29.8 Å². The Labute approximate surface area is 130 Å². The summed E-state index contributed by atoms with van der Waals surface area (Å²) in [7, 11) is 0. The molecule has 0 atom stereocenters. The second kappa shape index (κ2) is 7.11. The lowest BCUT2D eigenvalue weighted by molar-refractivity contribution is 0.401. The number of benzene rings is 1. The molecule has 3 rings (SSSR count). The molecule has 1 aromatic carbocycles. The second-order valence-electron chi connectivity index (χ2n) is 6.70. The summed E-state index contributed by atoms with van der Waals surface area (Å²) in [4.78, 5) is 0. The molecule has 1 aromatic rings. The van der Waals surface area contributed by atoms with E-state index in [0.717, 1.165) is 5.92 Å². The van der Waals surface area contributed by atoms with Crippen molar-refractivity contribution in [3.63, 3.8) is 0 Å². The van der Waals surface area contributed by atoms with Crippen molar-refractivity contribution >= 4 is 12.2 Å². The van der Waals surface area contributed by atoms with Gasteiger partial charge in [-0.05, 0) is 48.3 Å². The lowest BCUT2D eigenvalue weighted by Crippen LogP contribution is -2.08. The Morgan fingerprint density at radius 2 is 2.00 bits per heavy atom. The Kier molecular flexibility index (Phi) is 4.95. The van der Waals surface area contributed by atoms with Gasteiger partial charge in [-0.1, -0.05) is 81.0 Å². The number of allylic oxidation sites excluding steroid dienone is 2. The molecule has 0 saturated heterocycles. The van der Waals surface area contributed by atoms with E-state index in [9.17, 15) is 0 Å². The van der Waals surface area contributed by atoms with Crippen molar-refractivity contribution in [3.8, 4) is 0 Å². The molecule has 0 bridgehead atoms. The van der Waals surface area contributed by atoms with Crippen LogP contribution in [-0.2, 0) is 6.42 Å². The van der Waals surface area contributed by atoms with E-state index in [2.05, 4.69) is 43.4 Å². The summed E-state index contributed by atoms with van der Waals surface area (Å²) >= 11 is 0. The molecule has 1 saturated carbocycles. The minimum Gasteiger partial charge on any atom is -0.0839 e. The Morgan fingerprint density at radius 3 is 2.81 bits per heavy atom. The van der Waals surface area contributed by atoms with Crippen LogP contribution < -0.4 is 0 Å². The van der Waals surface area contributed by atoms with Crippen molar-refractivity contribution in [1.82, 2.24) is 0 Å². The molecule has 0 heterocycles. The van der Waals surface area contributed by atoms with E-state index >= 15 is 0 Å². The Bertz CT molecular complexity index is 527. The van der Waals surface area contributed by atoms with Crippen LogP contribution in [0, 0.1) is 5.92 Å². The zero-order valence-electron chi connectivity index (χ0n) is 13.4. The van der Waals surface area contributed by atoms with Crippen molar-refractivity contribution in [3.05, 3.63) is 46.5 Å². The van der Waals surface area contributed by atoms with Crippen molar-refractivity contribution < 1.29 is 0 Å². The van der Waals surface area contributed by atoms with Gasteiger partial charge in [0.05, 0.1) is 0 Å². The number of hydrogen-bond donors (Lipinski definition) is 0. The smallest absolute Gasteiger partial charge is 0.00548 e. The van der Waals surface area contributed by atoms with E-state index in [1.54, 1.807) is 11.1 Å². The normalized spacial score (nSPS) is 19.0. The lowest BCUT2D eigenvalue weighted by atomic mass is 9.83. The van der Waals surface area contributed by atoms with Crippen LogP contribution in [0.2, 0.25) is 0 Å². The third-order valence-corrected chi connectivity index (χ3v) is 5.11. The van der Waals surface area contributed by atoms with Crippen LogP contribution in [0.1, 0.15) is 75.0 Å². The van der Waals surface area contributed by atoms with Gasteiger partial charge in [0.25, 0.3) is 0 Å². The van der Waals surface area contributed by atoms with E-state index in [1.807, 2.05) is 0 Å². The molecular formula is C21H28. The monoisotopic (exact) mass is 280 g/mol. The SMILES string of the molecule is CCCCC=Cc1cccc2c1C=C(C1CCCCC1)C2. The summed E-state index contributed by atoms with van der Waals surface area (Å²) in [5.41, 5.74) is 6.19. The zero-order chi connectivity index (χ0) is 14.5. The van der Waals surface area contributed by atoms with E-state index in [-0.39, 0.29) is 0 Å². The van der Waals surface area contributed by atoms with Gasteiger partial charge in [0, 0.05) is 0 Å². The Hall–Kier alpha value is -1.30. The fourth-order valence-corrected chi connectivity index (χ4v) is 3.83. The molecule has 0 unspecified atom stereocenters. The summed E-state index contributed by atoms with van der Waals surface area (Å²) in [5, 5.41) is 0. The number of hydrogen-bond acceptors (Lipinski definition) is 0. The first-order chi connectivity index (χ1) is 10.4. The molecule has 21 heavy (non-hydrogen) atoms. The Balaban J connectivity index is 1.76. The van der Waals surface area contributed by atoms with Gasteiger partial charge in [-0.25, -0.2) is 0 Å². The van der Waals surface area contributed by atoms with Crippen molar-refractivity contribution in [2.24, 2.45) is 5.92 Å². The number of fused-ring (bicyclic) bond motifs is 1. The van der Waals surface area contributed by atoms with E-state index in [1.165, 1.54) is 68.9 Å². The largest absolute Gasteiger partial charge is 0.0839 e. The summed E-state index contributed by atoms with van der Waals surface area (Å²) in [5.74, 6) is 0.864. The molecule has 0 aromatic heterocycles. The first-order valence-corrected chi connectivity index (χ1v) is 8.87. The van der Waals surface area contributed by atoms with Gasteiger partial charge < -0.3 is 0 Å². The molecule has 0 nitrogen and oxygen atoms in total. The van der Waals surface area contributed by atoms with Gasteiger partial charge in [0.15, 0.2) is 0 Å². The molecular weight excluding hydrogens is 252 g/mol. The third kappa shape index (κ3) is 3.48. The standard InChI is InChI=1S/C21H28/c1-2-3-4-6-12-18-13-9-14-19-15-20(16-21(18)19)17-10-7-5-8-11-17/h6,9,12-14,16-17H,2-5,7-8,10-11,15H2,1H3. The molecule has 0 amide bonds. The predicted molar refractivity (Wildman–Crippen MR) is 93.3 cm³/mol. The highest BCUT2D eigenvalue weighted by Crippen LogP contribution is 2.38. The van der Waals surface area contributed by atoms with Gasteiger partial charge >= 0.3 is 0 Å². The molecule has 2 aliphatic carbocycles. The van der Waals surface area contributed by atoms with E-state index in [4.69, 9.17) is 0 Å². The molecule has 1 fully saturated rings. The molecule has 0 heteroatoms. The van der Waals surface area contributed by atoms with Crippen molar-refractivity contribution in [1.29, 1.82) is 0 Å². The van der Waals surface area contributed by atoms with E-state index < -0.39 is 0 Å². The zero-order valence-corrected chi connectivity index (χ0v) is 13.4. The molecule has 0 radical (unpaired) electrons. The Morgan fingerprint density at radius 1 is 1.14 bits per heavy atom. The second-order valence-corrected chi connectivity index (χ2v) is 6.70. The lowest BCUT2D eigenvalue weighted by Gasteiger charge is -2.22. The predicted octanol–water partition coefficient (Wildman–Crippen LogP) is 6.41. The highest BCUT2D eigenvalue weighted by Gasteiger charge is 2.23. The van der Waals surface area contributed by atoms with Crippen LogP contribution in [0.3, 0.4) is 0 Å². The maximum Gasteiger partial charge on any atom is -0.00548 e. The van der Waals surface area contributed by atoms with Crippen molar-refractivity contribution in [2.75, 3.05) is 0 Å². The van der Waals surface area contributed by atoms with Gasteiger partial charge in [0.2, 0.25) is 0 Å². The first kappa shape index (κ1) is 14.6. The van der Waals surface area contributed by atoms with Crippen LogP contribution >= 0.6 is 0 Å². The average Bonchev–Trinajstić information content (AvgIpc) is 2.97. The van der Waals surface area contributed by atoms with Crippen LogP contribution in [-0.4, -0.2) is 0 Å². The van der Waals surface area contributed by atoms with Crippen molar-refractivity contribution in [2.45, 2.75) is 64.7 Å². The molecule has 2 aliphatic rings. The summed E-state index contributed by atoms with van der Waals surface area (Å²) < 4.78 is 0. The molecule has 0 aliphatic heterocycles. The fraction of sp³-hybridized carbons (Fsp3) is 0.524. The minimum absolute atomic E-state index is 0.864. The topological polar surface area (TPSA) is 0 Å². The first-order valence-electron chi connectivity index (χ1n) is 8.87. The molecule has 0 N–H and O–H groups in total. The quantitative estimate of drug-likeness (QED) is 0.547. The van der Waals surface area contributed by atoms with Crippen LogP contribution in [0.25, 0.3) is 12.2 Å². The average molecular weight is 280 g/mol. The van der Waals surface area contributed by atoms with Gasteiger partial charge in [-0.3, -0.25) is 0 Å². The van der Waals surface area contributed by atoms with Gasteiger partial charge in [-0.15, -0.1) is 0 Å². The van der Waals surface area contributed by atoms with Gasteiger partial charge in [0.1, 0.15) is 0 Å². The highest BCUT2D eigenvalue weighted by molar-refractivity contribution is 5.73. The molecule has 112 valence electrons. The molecule has 0 spiro atoms. The fourth-order valence-electron chi connectivity index (χ4n) is 3.83. The maximum atomic E-state index is 2.52. The van der Waals surface area contributed by atoms with Gasteiger partial charge in [-0.2, -0.15) is 0 Å². The number of rotatable bonds is 5. The summed E-state index contributed by atoms with van der Waals surface area (Å²) in [6.45, 7) is 2.26. The van der Waals surface area contributed by atoms with E-state index in [0.29, 0.717) is 0 Å². The van der Waals surface area contributed by atoms with Crippen LogP contribution in [0.5, 0.6) is 0 Å². The third-order valence-electron chi connectivity index (χ3n) is 5.11. The maximum absolute atomic E-state index is 2.52. The highest BCUT2D eigenvalue weighted by atomic mass is 14.3. The van der Waals surface area contributed by atoms with Crippen LogP contribution in [0.4, 0.5) is 0 Å².